The van der Waals surface area contributed by atoms with Crippen LogP contribution < -0.4 is 9.62 Å². The minimum atomic E-state index is -4.14. The molecule has 0 aliphatic heterocycles. The van der Waals surface area contributed by atoms with Crippen molar-refractivity contribution in [3.63, 3.8) is 0 Å². The lowest BCUT2D eigenvalue weighted by atomic mass is 10.0. The third kappa shape index (κ3) is 8.60. The van der Waals surface area contributed by atoms with Crippen molar-refractivity contribution in [2.75, 3.05) is 10.8 Å². The number of carbonyl (C=O) groups excluding carboxylic acids is 2. The van der Waals surface area contributed by atoms with Gasteiger partial charge in [-0.15, -0.1) is 0 Å². The van der Waals surface area contributed by atoms with E-state index >= 15 is 0 Å². The normalized spacial score (nSPS) is 12.6. The van der Waals surface area contributed by atoms with E-state index in [1.54, 1.807) is 36.4 Å². The number of rotatable bonds is 13. The molecule has 8 heteroatoms. The van der Waals surface area contributed by atoms with Gasteiger partial charge in [-0.3, -0.25) is 13.9 Å². The third-order valence-corrected chi connectivity index (χ3v) is 9.92. The van der Waals surface area contributed by atoms with Crippen molar-refractivity contribution in [1.82, 2.24) is 10.2 Å². The summed E-state index contributed by atoms with van der Waals surface area (Å²) in [5.74, 6) is -0.760. The molecule has 0 unspecified atom stereocenters. The van der Waals surface area contributed by atoms with Gasteiger partial charge in [0.1, 0.15) is 12.6 Å². The van der Waals surface area contributed by atoms with Crippen LogP contribution in [0.15, 0.2) is 108 Å². The maximum Gasteiger partial charge on any atom is 0.264 e. The molecule has 4 rings (SSSR count). The van der Waals surface area contributed by atoms with Gasteiger partial charge in [0.05, 0.1) is 10.6 Å². The van der Waals surface area contributed by atoms with Crippen LogP contribution in [-0.2, 0) is 32.6 Å². The van der Waals surface area contributed by atoms with E-state index in [0.29, 0.717) is 5.69 Å². The van der Waals surface area contributed by atoms with Crippen LogP contribution in [0.1, 0.15) is 48.1 Å². The minimum Gasteiger partial charge on any atom is -0.352 e. The van der Waals surface area contributed by atoms with Crippen LogP contribution in [0.2, 0.25) is 0 Å². The van der Waals surface area contributed by atoms with E-state index in [9.17, 15) is 18.0 Å². The molecule has 0 aliphatic carbocycles. The molecule has 2 amide bonds. The number of hydrogen-bond acceptors (Lipinski definition) is 4. The highest BCUT2D eigenvalue weighted by molar-refractivity contribution is 7.92. The van der Waals surface area contributed by atoms with Crippen molar-refractivity contribution in [2.45, 2.75) is 71.0 Å². The Morgan fingerprint density at radius 1 is 0.778 bits per heavy atom. The highest BCUT2D eigenvalue weighted by Gasteiger charge is 2.35. The average Bonchev–Trinajstić information content (AvgIpc) is 3.03. The Kier molecular flexibility index (Phi) is 11.2. The Morgan fingerprint density at radius 3 is 1.96 bits per heavy atom. The molecule has 0 heterocycles. The summed E-state index contributed by atoms with van der Waals surface area (Å²) >= 11 is 0. The molecule has 236 valence electrons. The van der Waals surface area contributed by atoms with Crippen molar-refractivity contribution in [1.29, 1.82) is 0 Å². The van der Waals surface area contributed by atoms with E-state index in [2.05, 4.69) is 5.32 Å². The lowest BCUT2D eigenvalue weighted by Crippen LogP contribution is -2.54. The Hall–Kier alpha value is -4.43. The second kappa shape index (κ2) is 15.0. The monoisotopic (exact) mass is 625 g/mol. The summed E-state index contributed by atoms with van der Waals surface area (Å²) in [7, 11) is -4.14. The fourth-order valence-corrected chi connectivity index (χ4v) is 6.43. The van der Waals surface area contributed by atoms with Gasteiger partial charge < -0.3 is 10.2 Å². The summed E-state index contributed by atoms with van der Waals surface area (Å²) in [6, 6.07) is 30.0. The summed E-state index contributed by atoms with van der Waals surface area (Å²) in [6.07, 6.45) is 1.00. The standard InChI is InChI=1S/C37H43N3O4S/c1-6-30(5)38-37(42)35(24-31-13-9-7-10-14-31)39(25-32-15-11-8-12-16-32)36(41)26-40(33-20-19-28(3)29(4)23-33)45(43,44)34-21-17-27(2)18-22-34/h7-23,30,35H,6,24-26H2,1-5H3,(H,38,42)/t30-,35+/m1/s1. The van der Waals surface area contributed by atoms with Crippen molar-refractivity contribution in [3.8, 4) is 0 Å². The second-order valence-corrected chi connectivity index (χ2v) is 13.5. The predicted molar refractivity (Wildman–Crippen MR) is 180 cm³/mol. The lowest BCUT2D eigenvalue weighted by molar-refractivity contribution is -0.140. The van der Waals surface area contributed by atoms with Crippen LogP contribution in [-0.4, -0.2) is 43.8 Å². The molecule has 0 aliphatic rings. The summed E-state index contributed by atoms with van der Waals surface area (Å²) in [5.41, 5.74) is 4.95. The minimum absolute atomic E-state index is 0.0871. The number of nitrogens with zero attached hydrogens (tertiary/aromatic N) is 2. The number of amides is 2. The number of anilines is 1. The zero-order valence-electron chi connectivity index (χ0n) is 26.7. The molecule has 1 N–H and O–H groups in total. The Bertz CT molecular complexity index is 1690. The second-order valence-electron chi connectivity index (χ2n) is 11.6. The molecule has 45 heavy (non-hydrogen) atoms. The number of nitrogens with one attached hydrogen (secondary N) is 1. The summed E-state index contributed by atoms with van der Waals surface area (Å²) in [6.45, 7) is 9.32. The van der Waals surface area contributed by atoms with Crippen LogP contribution in [0.25, 0.3) is 0 Å². The molecule has 0 saturated heterocycles. The molecule has 2 atom stereocenters. The van der Waals surface area contributed by atoms with Gasteiger partial charge in [0.15, 0.2) is 0 Å². The van der Waals surface area contributed by atoms with E-state index < -0.39 is 28.5 Å². The molecular weight excluding hydrogens is 582 g/mol. The molecule has 0 saturated carbocycles. The smallest absolute Gasteiger partial charge is 0.264 e. The van der Waals surface area contributed by atoms with Crippen LogP contribution >= 0.6 is 0 Å². The predicted octanol–water partition coefficient (Wildman–Crippen LogP) is 6.36. The third-order valence-electron chi connectivity index (χ3n) is 8.13. The Morgan fingerprint density at radius 2 is 1.38 bits per heavy atom. The maximum atomic E-state index is 14.5. The molecule has 0 bridgehead atoms. The zero-order valence-corrected chi connectivity index (χ0v) is 27.6. The fraction of sp³-hybridized carbons (Fsp3) is 0.297. The van der Waals surface area contributed by atoms with Crippen molar-refractivity contribution < 1.29 is 18.0 Å². The van der Waals surface area contributed by atoms with Gasteiger partial charge in [0.2, 0.25) is 11.8 Å². The first-order valence-corrected chi connectivity index (χ1v) is 16.8. The fourth-order valence-electron chi connectivity index (χ4n) is 5.02. The van der Waals surface area contributed by atoms with Gasteiger partial charge in [-0.05, 0) is 80.6 Å². The van der Waals surface area contributed by atoms with Crippen LogP contribution in [0, 0.1) is 20.8 Å². The maximum absolute atomic E-state index is 14.5. The number of sulfonamides is 1. The summed E-state index contributed by atoms with van der Waals surface area (Å²) in [4.78, 5) is 30.1. The van der Waals surface area contributed by atoms with Gasteiger partial charge in [-0.25, -0.2) is 8.42 Å². The Balaban J connectivity index is 1.81. The molecule has 0 aromatic heterocycles. The average molecular weight is 626 g/mol. The first-order chi connectivity index (χ1) is 21.5. The van der Waals surface area contributed by atoms with Crippen LogP contribution in [0.5, 0.6) is 0 Å². The van der Waals surface area contributed by atoms with E-state index in [1.165, 1.54) is 4.90 Å². The molecular formula is C37H43N3O4S. The van der Waals surface area contributed by atoms with E-state index in [0.717, 1.165) is 38.5 Å². The van der Waals surface area contributed by atoms with E-state index in [1.807, 2.05) is 101 Å². The molecule has 4 aromatic carbocycles. The topological polar surface area (TPSA) is 86.8 Å². The lowest BCUT2D eigenvalue weighted by Gasteiger charge is -2.34. The molecule has 0 spiro atoms. The first-order valence-electron chi connectivity index (χ1n) is 15.3. The number of benzene rings is 4. The molecule has 0 fully saturated rings. The highest BCUT2D eigenvalue weighted by atomic mass is 32.2. The van der Waals surface area contributed by atoms with E-state index in [4.69, 9.17) is 0 Å². The van der Waals surface area contributed by atoms with E-state index in [-0.39, 0.29) is 29.8 Å². The Labute approximate surface area is 268 Å². The number of hydrogen-bond donors (Lipinski definition) is 1. The van der Waals surface area contributed by atoms with Crippen molar-refractivity contribution in [2.24, 2.45) is 0 Å². The SMILES string of the molecule is CC[C@@H](C)NC(=O)[C@H](Cc1ccccc1)N(Cc1ccccc1)C(=O)CN(c1ccc(C)c(C)c1)S(=O)(=O)c1ccc(C)cc1. The van der Waals surface area contributed by atoms with Crippen LogP contribution in [0.4, 0.5) is 5.69 Å². The molecule has 4 aromatic rings. The van der Waals surface area contributed by atoms with Gasteiger partial charge in [-0.1, -0.05) is 91.3 Å². The quantitative estimate of drug-likeness (QED) is 0.187. The molecule has 0 radical (unpaired) electrons. The van der Waals surface area contributed by atoms with Gasteiger partial charge in [0, 0.05) is 19.0 Å². The first kappa shape index (κ1) is 33.5. The van der Waals surface area contributed by atoms with Crippen molar-refractivity contribution >= 4 is 27.5 Å². The van der Waals surface area contributed by atoms with Gasteiger partial charge in [0.25, 0.3) is 10.0 Å². The number of aryl methyl sites for hydroxylation is 3. The van der Waals surface area contributed by atoms with Gasteiger partial charge >= 0.3 is 0 Å². The van der Waals surface area contributed by atoms with Crippen molar-refractivity contribution in [3.05, 3.63) is 131 Å². The zero-order chi connectivity index (χ0) is 32.6. The summed E-state index contributed by atoms with van der Waals surface area (Å²) < 4.78 is 29.6. The van der Waals surface area contributed by atoms with Gasteiger partial charge in [-0.2, -0.15) is 0 Å². The molecule has 7 nitrogen and oxygen atoms in total. The van der Waals surface area contributed by atoms with Crippen LogP contribution in [0.3, 0.4) is 0 Å². The highest BCUT2D eigenvalue weighted by Crippen LogP contribution is 2.27. The number of carbonyl (C=O) groups is 2. The largest absolute Gasteiger partial charge is 0.352 e. The summed E-state index contributed by atoms with van der Waals surface area (Å²) in [5, 5.41) is 3.07.